The van der Waals surface area contributed by atoms with Crippen LogP contribution in [0.4, 0.5) is 0 Å². The molecule has 0 bridgehead atoms. The first-order valence-corrected chi connectivity index (χ1v) is 7.65. The molecule has 0 aliphatic heterocycles. The minimum absolute atomic E-state index is 0.0565. The second kappa shape index (κ2) is 6.05. The van der Waals surface area contributed by atoms with Crippen molar-refractivity contribution in [2.45, 2.75) is 65.0 Å². The summed E-state index contributed by atoms with van der Waals surface area (Å²) in [6, 6.07) is 0.225. The number of hydrogen-bond donors (Lipinski definition) is 2. The number of carbonyl (C=O) groups is 1. The van der Waals surface area contributed by atoms with Crippen molar-refractivity contribution in [2.75, 3.05) is 6.54 Å². The van der Waals surface area contributed by atoms with Gasteiger partial charge in [0.05, 0.1) is 6.04 Å². The fourth-order valence-corrected chi connectivity index (χ4v) is 2.64. The molecule has 3 heteroatoms. The van der Waals surface area contributed by atoms with Crippen molar-refractivity contribution >= 4 is 5.91 Å². The smallest absolute Gasteiger partial charge is 0.237 e. The van der Waals surface area contributed by atoms with E-state index in [2.05, 4.69) is 24.5 Å². The Morgan fingerprint density at radius 3 is 2.17 bits per heavy atom. The van der Waals surface area contributed by atoms with Crippen molar-refractivity contribution < 1.29 is 4.79 Å². The summed E-state index contributed by atoms with van der Waals surface area (Å²) < 4.78 is 0. The minimum Gasteiger partial charge on any atom is -0.352 e. The molecule has 2 aliphatic rings. The number of hydrogen-bond acceptors (Lipinski definition) is 2. The van der Waals surface area contributed by atoms with Crippen LogP contribution in [0.25, 0.3) is 0 Å². The van der Waals surface area contributed by atoms with Gasteiger partial charge in [-0.1, -0.05) is 6.92 Å². The van der Waals surface area contributed by atoms with Gasteiger partial charge >= 0.3 is 0 Å². The maximum atomic E-state index is 11.9. The predicted octanol–water partition coefficient (Wildman–Crippen LogP) is 2.32. The van der Waals surface area contributed by atoms with Gasteiger partial charge in [-0.05, 0) is 70.3 Å². The van der Waals surface area contributed by atoms with E-state index >= 15 is 0 Å². The van der Waals surface area contributed by atoms with Gasteiger partial charge in [0.1, 0.15) is 0 Å². The maximum absolute atomic E-state index is 11.9. The lowest BCUT2D eigenvalue weighted by molar-refractivity contribution is -0.123. The highest BCUT2D eigenvalue weighted by molar-refractivity contribution is 5.81. The van der Waals surface area contributed by atoms with Crippen LogP contribution in [0, 0.1) is 17.8 Å². The van der Waals surface area contributed by atoms with Crippen LogP contribution in [0.15, 0.2) is 0 Å². The van der Waals surface area contributed by atoms with E-state index in [1.807, 2.05) is 6.92 Å². The standard InChI is InChI=1S/C15H28N2O/c1-4-10(2)17-15(18)11(3)16-9-14(12-5-6-12)13-7-8-13/h10-14,16H,4-9H2,1-3H3,(H,17,18). The Balaban J connectivity index is 1.69. The van der Waals surface area contributed by atoms with E-state index in [9.17, 15) is 4.79 Å². The molecule has 0 aromatic heterocycles. The monoisotopic (exact) mass is 252 g/mol. The van der Waals surface area contributed by atoms with E-state index in [1.165, 1.54) is 25.7 Å². The summed E-state index contributed by atoms with van der Waals surface area (Å²) in [5, 5.41) is 6.48. The van der Waals surface area contributed by atoms with Gasteiger partial charge in [-0.25, -0.2) is 0 Å². The van der Waals surface area contributed by atoms with Gasteiger partial charge < -0.3 is 10.6 Å². The Morgan fingerprint density at radius 2 is 1.72 bits per heavy atom. The van der Waals surface area contributed by atoms with Crippen LogP contribution < -0.4 is 10.6 Å². The average Bonchev–Trinajstić information content (AvgIpc) is 3.21. The molecule has 0 spiro atoms. The molecule has 0 heterocycles. The topological polar surface area (TPSA) is 41.1 Å². The molecule has 2 unspecified atom stereocenters. The number of amides is 1. The quantitative estimate of drug-likeness (QED) is 0.696. The van der Waals surface area contributed by atoms with Crippen LogP contribution in [0.2, 0.25) is 0 Å². The second-order valence-electron chi connectivity index (χ2n) is 6.29. The molecule has 2 N–H and O–H groups in total. The number of carbonyl (C=O) groups excluding carboxylic acids is 1. The maximum Gasteiger partial charge on any atom is 0.237 e. The van der Waals surface area contributed by atoms with Crippen LogP contribution in [0.3, 0.4) is 0 Å². The fourth-order valence-electron chi connectivity index (χ4n) is 2.64. The van der Waals surface area contributed by atoms with Gasteiger partial charge in [-0.3, -0.25) is 4.79 Å². The van der Waals surface area contributed by atoms with Gasteiger partial charge in [0.25, 0.3) is 0 Å². The van der Waals surface area contributed by atoms with Crippen molar-refractivity contribution in [3.05, 3.63) is 0 Å². The first-order valence-electron chi connectivity index (χ1n) is 7.65. The summed E-state index contributed by atoms with van der Waals surface area (Å²) in [5.41, 5.74) is 0. The Hall–Kier alpha value is -0.570. The summed E-state index contributed by atoms with van der Waals surface area (Å²) in [6.07, 6.45) is 6.64. The Bertz CT molecular complexity index is 272. The Labute approximate surface area is 111 Å². The molecule has 0 saturated heterocycles. The normalized spacial score (nSPS) is 22.9. The van der Waals surface area contributed by atoms with Crippen LogP contribution in [-0.4, -0.2) is 24.5 Å². The zero-order valence-corrected chi connectivity index (χ0v) is 12.0. The molecule has 0 aromatic rings. The lowest BCUT2D eigenvalue weighted by atomic mass is 9.97. The summed E-state index contributed by atoms with van der Waals surface area (Å²) in [5.74, 6) is 2.89. The van der Waals surface area contributed by atoms with Gasteiger partial charge in [0.2, 0.25) is 5.91 Å². The van der Waals surface area contributed by atoms with Crippen molar-refractivity contribution in [1.82, 2.24) is 10.6 Å². The van der Waals surface area contributed by atoms with Crippen molar-refractivity contribution in [3.8, 4) is 0 Å². The molecule has 104 valence electrons. The zero-order valence-electron chi connectivity index (χ0n) is 12.0. The minimum atomic E-state index is -0.0565. The molecule has 0 aromatic carbocycles. The fraction of sp³-hybridized carbons (Fsp3) is 0.933. The first-order chi connectivity index (χ1) is 8.61. The van der Waals surface area contributed by atoms with Gasteiger partial charge in [0, 0.05) is 6.04 Å². The van der Waals surface area contributed by atoms with Crippen molar-refractivity contribution in [2.24, 2.45) is 17.8 Å². The average molecular weight is 252 g/mol. The van der Waals surface area contributed by atoms with E-state index < -0.39 is 0 Å². The predicted molar refractivity (Wildman–Crippen MR) is 74.3 cm³/mol. The summed E-state index contributed by atoms with van der Waals surface area (Å²) >= 11 is 0. The Morgan fingerprint density at radius 1 is 1.17 bits per heavy atom. The SMILES string of the molecule is CCC(C)NC(=O)C(C)NCC(C1CC1)C1CC1. The van der Waals surface area contributed by atoms with Gasteiger partial charge in [-0.2, -0.15) is 0 Å². The Kier molecular flexibility index (Phi) is 4.66. The van der Waals surface area contributed by atoms with E-state index in [0.717, 1.165) is 30.7 Å². The third kappa shape index (κ3) is 3.98. The van der Waals surface area contributed by atoms with Crippen molar-refractivity contribution in [1.29, 1.82) is 0 Å². The third-order valence-corrected chi connectivity index (χ3v) is 4.51. The highest BCUT2D eigenvalue weighted by atomic mass is 16.2. The van der Waals surface area contributed by atoms with E-state index in [-0.39, 0.29) is 18.0 Å². The summed E-state index contributed by atoms with van der Waals surface area (Å²) in [7, 11) is 0. The molecule has 2 saturated carbocycles. The lowest BCUT2D eigenvalue weighted by Gasteiger charge is -2.21. The summed E-state index contributed by atoms with van der Waals surface area (Å²) in [6.45, 7) is 7.17. The molecule has 2 fully saturated rings. The van der Waals surface area contributed by atoms with E-state index in [0.29, 0.717) is 0 Å². The van der Waals surface area contributed by atoms with Crippen LogP contribution in [0.1, 0.15) is 52.9 Å². The molecule has 2 rings (SSSR count). The molecular weight excluding hydrogens is 224 g/mol. The van der Waals surface area contributed by atoms with Gasteiger partial charge in [0.15, 0.2) is 0 Å². The molecular formula is C15H28N2O. The molecule has 18 heavy (non-hydrogen) atoms. The molecule has 1 amide bonds. The van der Waals surface area contributed by atoms with E-state index in [4.69, 9.17) is 0 Å². The second-order valence-corrected chi connectivity index (χ2v) is 6.29. The van der Waals surface area contributed by atoms with Gasteiger partial charge in [-0.15, -0.1) is 0 Å². The number of rotatable bonds is 8. The number of nitrogens with one attached hydrogen (secondary N) is 2. The first kappa shape index (κ1) is 13.9. The van der Waals surface area contributed by atoms with Crippen LogP contribution >= 0.6 is 0 Å². The lowest BCUT2D eigenvalue weighted by Crippen LogP contribution is -2.46. The molecule has 0 radical (unpaired) electrons. The highest BCUT2D eigenvalue weighted by Crippen LogP contribution is 2.48. The molecule has 2 aliphatic carbocycles. The van der Waals surface area contributed by atoms with Crippen LogP contribution in [0.5, 0.6) is 0 Å². The summed E-state index contributed by atoms with van der Waals surface area (Å²) in [4.78, 5) is 11.9. The largest absolute Gasteiger partial charge is 0.352 e. The van der Waals surface area contributed by atoms with Crippen molar-refractivity contribution in [3.63, 3.8) is 0 Å². The molecule has 3 nitrogen and oxygen atoms in total. The van der Waals surface area contributed by atoms with E-state index in [1.54, 1.807) is 0 Å². The zero-order chi connectivity index (χ0) is 13.1. The third-order valence-electron chi connectivity index (χ3n) is 4.51. The highest BCUT2D eigenvalue weighted by Gasteiger charge is 2.41. The van der Waals surface area contributed by atoms with Crippen LogP contribution in [-0.2, 0) is 4.79 Å². The molecule has 2 atom stereocenters.